The van der Waals surface area contributed by atoms with Crippen molar-refractivity contribution in [3.8, 4) is 11.8 Å². The van der Waals surface area contributed by atoms with E-state index >= 15 is 0 Å². The molecule has 9 nitrogen and oxygen atoms in total. The first-order valence-corrected chi connectivity index (χ1v) is 9.82. The molecule has 0 aliphatic heterocycles. The number of hydrogen-bond acceptors (Lipinski definition) is 7. The van der Waals surface area contributed by atoms with Crippen molar-refractivity contribution in [2.75, 3.05) is 18.6 Å². The largest absolute Gasteiger partial charge is 0.461 e. The lowest BCUT2D eigenvalue weighted by Crippen LogP contribution is -2.34. The van der Waals surface area contributed by atoms with Crippen LogP contribution in [0.5, 0.6) is 11.8 Å². The smallest absolute Gasteiger partial charge is 0.414 e. The van der Waals surface area contributed by atoms with Gasteiger partial charge in [0.05, 0.1) is 30.2 Å². The number of carbonyl (C=O) groups excluding carboxylic acids is 2. The van der Waals surface area contributed by atoms with Gasteiger partial charge in [-0.25, -0.2) is 19.6 Å². The molecule has 0 aliphatic carbocycles. The quantitative estimate of drug-likeness (QED) is 0.561. The maximum atomic E-state index is 12.2. The van der Waals surface area contributed by atoms with Crippen LogP contribution in [0.2, 0.25) is 0 Å². The highest BCUT2D eigenvalue weighted by molar-refractivity contribution is 5.96. The van der Waals surface area contributed by atoms with Crippen LogP contribution in [0, 0.1) is 0 Å². The van der Waals surface area contributed by atoms with Crippen molar-refractivity contribution >= 4 is 28.7 Å². The van der Waals surface area contributed by atoms with Crippen molar-refractivity contribution < 1.29 is 23.8 Å². The summed E-state index contributed by atoms with van der Waals surface area (Å²) in [5, 5.41) is 0.883. The Kier molecular flexibility index (Phi) is 6.14. The Bertz CT molecular complexity index is 1100. The second kappa shape index (κ2) is 8.63. The number of rotatable bonds is 5. The molecule has 0 unspecified atom stereocenters. The fraction of sp³-hybridized carbons (Fsp3) is 0.364. The predicted octanol–water partition coefficient (Wildman–Crippen LogP) is 4.31. The van der Waals surface area contributed by atoms with Crippen LogP contribution in [0.25, 0.3) is 10.9 Å². The standard InChI is InChI=1S/C22H26N4O5/c1-7-29-19(27)18-10-14-8-9-16(11-17(14)26(18)6)30-20-23-12-15(13-24-20)25(5)21(28)31-22(2,3)4/h8-13H,7H2,1-6H3. The van der Waals surface area contributed by atoms with Crippen LogP contribution in [0.1, 0.15) is 38.2 Å². The minimum atomic E-state index is -0.599. The SMILES string of the molecule is CCOC(=O)c1cc2ccc(Oc3ncc(N(C)C(=O)OC(C)(C)C)cn3)cc2n1C. The highest BCUT2D eigenvalue weighted by atomic mass is 16.6. The van der Waals surface area contributed by atoms with Crippen molar-refractivity contribution in [2.24, 2.45) is 7.05 Å². The average molecular weight is 426 g/mol. The Labute approximate surface area is 180 Å². The first-order chi connectivity index (χ1) is 14.6. The number of esters is 1. The Morgan fingerprint density at radius 2 is 1.81 bits per heavy atom. The van der Waals surface area contributed by atoms with E-state index in [0.29, 0.717) is 23.7 Å². The molecular formula is C22H26N4O5. The number of nitrogens with zero attached hydrogens (tertiary/aromatic N) is 4. The number of aromatic nitrogens is 3. The van der Waals surface area contributed by atoms with Gasteiger partial charge in [0.2, 0.25) is 0 Å². The third-order valence-corrected chi connectivity index (χ3v) is 4.38. The molecule has 1 aromatic carbocycles. The van der Waals surface area contributed by atoms with Crippen molar-refractivity contribution in [3.05, 3.63) is 42.4 Å². The van der Waals surface area contributed by atoms with Crippen LogP contribution < -0.4 is 9.64 Å². The molecule has 9 heteroatoms. The van der Waals surface area contributed by atoms with E-state index in [-0.39, 0.29) is 12.0 Å². The van der Waals surface area contributed by atoms with Crippen molar-refractivity contribution in [1.29, 1.82) is 0 Å². The molecule has 0 bridgehead atoms. The van der Waals surface area contributed by atoms with Gasteiger partial charge in [-0.1, -0.05) is 0 Å². The summed E-state index contributed by atoms with van der Waals surface area (Å²) in [4.78, 5) is 33.9. The Morgan fingerprint density at radius 3 is 2.42 bits per heavy atom. The van der Waals surface area contributed by atoms with Gasteiger partial charge in [0.1, 0.15) is 17.0 Å². The van der Waals surface area contributed by atoms with Gasteiger partial charge in [-0.2, -0.15) is 0 Å². The molecule has 0 radical (unpaired) electrons. The van der Waals surface area contributed by atoms with Gasteiger partial charge in [0.25, 0.3) is 0 Å². The van der Waals surface area contributed by atoms with E-state index in [4.69, 9.17) is 14.2 Å². The number of hydrogen-bond donors (Lipinski definition) is 0. The molecule has 0 atom stereocenters. The molecule has 0 aliphatic rings. The molecule has 0 saturated carbocycles. The van der Waals surface area contributed by atoms with Gasteiger partial charge < -0.3 is 18.8 Å². The molecule has 0 spiro atoms. The number of fused-ring (bicyclic) bond motifs is 1. The molecular weight excluding hydrogens is 400 g/mol. The average Bonchev–Trinajstić information content (AvgIpc) is 3.03. The van der Waals surface area contributed by atoms with Gasteiger partial charge in [0.15, 0.2) is 0 Å². The van der Waals surface area contributed by atoms with Gasteiger partial charge in [0, 0.05) is 25.5 Å². The van der Waals surface area contributed by atoms with E-state index in [1.54, 1.807) is 64.6 Å². The lowest BCUT2D eigenvalue weighted by atomic mass is 10.2. The van der Waals surface area contributed by atoms with Crippen molar-refractivity contribution in [2.45, 2.75) is 33.3 Å². The zero-order valence-electron chi connectivity index (χ0n) is 18.5. The lowest BCUT2D eigenvalue weighted by molar-refractivity contribution is 0.0514. The van der Waals surface area contributed by atoms with E-state index < -0.39 is 11.7 Å². The Hall–Kier alpha value is -3.62. The van der Waals surface area contributed by atoms with Crippen LogP contribution in [0.3, 0.4) is 0 Å². The molecule has 3 rings (SSSR count). The second-order valence-electron chi connectivity index (χ2n) is 7.89. The number of benzene rings is 1. The molecule has 0 fully saturated rings. The molecule has 164 valence electrons. The topological polar surface area (TPSA) is 95.8 Å². The Balaban J connectivity index is 1.76. The maximum absolute atomic E-state index is 12.2. The number of amides is 1. The number of anilines is 1. The van der Waals surface area contributed by atoms with E-state index in [1.165, 1.54) is 17.3 Å². The number of ether oxygens (including phenoxy) is 3. The summed E-state index contributed by atoms with van der Waals surface area (Å²) >= 11 is 0. The zero-order valence-corrected chi connectivity index (χ0v) is 18.5. The van der Waals surface area contributed by atoms with Crippen molar-refractivity contribution in [1.82, 2.24) is 14.5 Å². The molecule has 3 aromatic rings. The van der Waals surface area contributed by atoms with Crippen LogP contribution in [-0.2, 0) is 16.5 Å². The second-order valence-corrected chi connectivity index (χ2v) is 7.89. The predicted molar refractivity (Wildman–Crippen MR) is 116 cm³/mol. The van der Waals surface area contributed by atoms with Crippen molar-refractivity contribution in [3.63, 3.8) is 0 Å². The molecule has 0 saturated heterocycles. The molecule has 0 N–H and O–H groups in total. The van der Waals surface area contributed by atoms with Crippen LogP contribution in [0.4, 0.5) is 10.5 Å². The van der Waals surface area contributed by atoms with Gasteiger partial charge in [-0.05, 0) is 45.9 Å². The van der Waals surface area contributed by atoms with Gasteiger partial charge in [-0.3, -0.25) is 4.90 Å². The van der Waals surface area contributed by atoms with E-state index in [2.05, 4.69) is 9.97 Å². The third-order valence-electron chi connectivity index (χ3n) is 4.38. The van der Waals surface area contributed by atoms with E-state index in [0.717, 1.165) is 10.9 Å². The third kappa shape index (κ3) is 5.11. The minimum absolute atomic E-state index is 0.125. The summed E-state index contributed by atoms with van der Waals surface area (Å²) < 4.78 is 17.9. The first-order valence-electron chi connectivity index (χ1n) is 9.82. The van der Waals surface area contributed by atoms with E-state index in [9.17, 15) is 9.59 Å². The summed E-state index contributed by atoms with van der Waals surface area (Å²) in [5.74, 6) is 0.133. The summed E-state index contributed by atoms with van der Waals surface area (Å²) in [7, 11) is 3.37. The van der Waals surface area contributed by atoms with Crippen LogP contribution >= 0.6 is 0 Å². The normalized spacial score (nSPS) is 11.3. The summed E-state index contributed by atoms with van der Waals surface area (Å²) in [6.45, 7) is 7.47. The fourth-order valence-corrected chi connectivity index (χ4v) is 2.85. The maximum Gasteiger partial charge on any atom is 0.414 e. The number of carbonyl (C=O) groups is 2. The molecule has 31 heavy (non-hydrogen) atoms. The van der Waals surface area contributed by atoms with Crippen LogP contribution in [0.15, 0.2) is 36.7 Å². The first kappa shape index (κ1) is 22.1. The van der Waals surface area contributed by atoms with Gasteiger partial charge >= 0.3 is 18.1 Å². The monoisotopic (exact) mass is 426 g/mol. The molecule has 2 heterocycles. The zero-order chi connectivity index (χ0) is 22.8. The minimum Gasteiger partial charge on any atom is -0.461 e. The van der Waals surface area contributed by atoms with E-state index in [1.807, 2.05) is 6.07 Å². The summed E-state index contributed by atoms with van der Waals surface area (Å²) in [5.41, 5.74) is 1.14. The lowest BCUT2D eigenvalue weighted by Gasteiger charge is -2.24. The Morgan fingerprint density at radius 1 is 1.13 bits per heavy atom. The molecule has 1 amide bonds. The fourth-order valence-electron chi connectivity index (χ4n) is 2.85. The van der Waals surface area contributed by atoms with Gasteiger partial charge in [-0.15, -0.1) is 0 Å². The molecule has 2 aromatic heterocycles. The van der Waals surface area contributed by atoms with Crippen LogP contribution in [-0.4, -0.2) is 45.9 Å². The highest BCUT2D eigenvalue weighted by Crippen LogP contribution is 2.27. The summed E-state index contributed by atoms with van der Waals surface area (Å²) in [6, 6.07) is 7.30. The number of aryl methyl sites for hydroxylation is 1. The highest BCUT2D eigenvalue weighted by Gasteiger charge is 2.21. The summed E-state index contributed by atoms with van der Waals surface area (Å²) in [6.07, 6.45) is 2.45.